The van der Waals surface area contributed by atoms with Crippen LogP contribution in [0.4, 0.5) is 11.4 Å². The second-order valence-corrected chi connectivity index (χ2v) is 3.83. The molecular formula is C13H19N3O. The van der Waals surface area contributed by atoms with Crippen LogP contribution in [0.15, 0.2) is 30.9 Å². The summed E-state index contributed by atoms with van der Waals surface area (Å²) in [5, 5.41) is 5.91. The highest BCUT2D eigenvalue weighted by molar-refractivity contribution is 5.96. The number of carbonyl (C=O) groups is 1. The Balaban J connectivity index is 2.86. The molecule has 0 saturated heterocycles. The van der Waals surface area contributed by atoms with Gasteiger partial charge >= 0.3 is 0 Å². The molecular weight excluding hydrogens is 214 g/mol. The molecule has 17 heavy (non-hydrogen) atoms. The highest BCUT2D eigenvalue weighted by Gasteiger charge is 2.07. The van der Waals surface area contributed by atoms with Gasteiger partial charge in [-0.05, 0) is 32.0 Å². The van der Waals surface area contributed by atoms with Crippen molar-refractivity contribution in [3.63, 3.8) is 0 Å². The second kappa shape index (κ2) is 5.94. The highest BCUT2D eigenvalue weighted by Crippen LogP contribution is 2.20. The van der Waals surface area contributed by atoms with Crippen molar-refractivity contribution in [2.75, 3.05) is 17.6 Å². The van der Waals surface area contributed by atoms with Crippen LogP contribution in [0.5, 0.6) is 0 Å². The van der Waals surface area contributed by atoms with Crippen LogP contribution in [0, 0.1) is 0 Å². The number of hydrogen-bond acceptors (Lipinski definition) is 3. The van der Waals surface area contributed by atoms with Crippen molar-refractivity contribution in [1.82, 2.24) is 5.32 Å². The molecule has 0 bridgehead atoms. The van der Waals surface area contributed by atoms with Gasteiger partial charge in [-0.2, -0.15) is 0 Å². The Kier molecular flexibility index (Phi) is 4.57. The number of benzene rings is 1. The molecule has 0 spiro atoms. The van der Waals surface area contributed by atoms with E-state index >= 15 is 0 Å². The monoisotopic (exact) mass is 233 g/mol. The first-order valence-corrected chi connectivity index (χ1v) is 5.65. The van der Waals surface area contributed by atoms with Gasteiger partial charge in [0, 0.05) is 18.2 Å². The van der Waals surface area contributed by atoms with E-state index in [9.17, 15) is 4.79 Å². The van der Waals surface area contributed by atoms with Gasteiger partial charge in [0.2, 0.25) is 0 Å². The van der Waals surface area contributed by atoms with Crippen LogP contribution in [0.2, 0.25) is 0 Å². The van der Waals surface area contributed by atoms with Crippen molar-refractivity contribution < 1.29 is 4.79 Å². The quantitative estimate of drug-likeness (QED) is 0.538. The Morgan fingerprint density at radius 2 is 2.29 bits per heavy atom. The molecule has 92 valence electrons. The molecule has 0 heterocycles. The zero-order chi connectivity index (χ0) is 12.8. The second-order valence-electron chi connectivity index (χ2n) is 3.83. The van der Waals surface area contributed by atoms with Gasteiger partial charge in [0.05, 0.1) is 11.4 Å². The zero-order valence-electron chi connectivity index (χ0n) is 10.3. The lowest BCUT2D eigenvalue weighted by molar-refractivity contribution is 0.0956. The molecule has 1 unspecified atom stereocenters. The summed E-state index contributed by atoms with van der Waals surface area (Å²) in [6, 6.07) is 5.36. The van der Waals surface area contributed by atoms with Crippen LogP contribution in [-0.4, -0.2) is 18.5 Å². The van der Waals surface area contributed by atoms with Gasteiger partial charge in [0.25, 0.3) is 5.91 Å². The minimum Gasteiger partial charge on any atom is -0.397 e. The largest absolute Gasteiger partial charge is 0.397 e. The smallest absolute Gasteiger partial charge is 0.251 e. The van der Waals surface area contributed by atoms with E-state index in [0.717, 1.165) is 5.69 Å². The first kappa shape index (κ1) is 13.1. The third-order valence-electron chi connectivity index (χ3n) is 2.39. The van der Waals surface area contributed by atoms with E-state index in [1.165, 1.54) is 0 Å². The van der Waals surface area contributed by atoms with Gasteiger partial charge in [0.15, 0.2) is 0 Å². The predicted molar refractivity (Wildman–Crippen MR) is 72.1 cm³/mol. The lowest BCUT2D eigenvalue weighted by atomic mass is 10.1. The maximum absolute atomic E-state index is 11.6. The van der Waals surface area contributed by atoms with Gasteiger partial charge in [-0.25, -0.2) is 0 Å². The summed E-state index contributed by atoms with van der Waals surface area (Å²) in [5.74, 6) is -0.109. The topological polar surface area (TPSA) is 67.2 Å². The van der Waals surface area contributed by atoms with Gasteiger partial charge in [-0.3, -0.25) is 4.79 Å². The Labute approximate surface area is 102 Å². The Morgan fingerprint density at radius 1 is 1.59 bits per heavy atom. The molecule has 0 aliphatic heterocycles. The summed E-state index contributed by atoms with van der Waals surface area (Å²) in [7, 11) is 0. The van der Waals surface area contributed by atoms with E-state index in [2.05, 4.69) is 17.2 Å². The van der Waals surface area contributed by atoms with E-state index in [1.807, 2.05) is 13.8 Å². The van der Waals surface area contributed by atoms with Crippen LogP contribution in [-0.2, 0) is 0 Å². The molecule has 0 aliphatic carbocycles. The number of hydrogen-bond donors (Lipinski definition) is 3. The minimum absolute atomic E-state index is 0.109. The number of carbonyl (C=O) groups excluding carboxylic acids is 1. The molecule has 0 radical (unpaired) electrons. The van der Waals surface area contributed by atoms with E-state index < -0.39 is 0 Å². The first-order valence-electron chi connectivity index (χ1n) is 5.65. The fraction of sp³-hybridized carbons (Fsp3) is 0.308. The van der Waals surface area contributed by atoms with Crippen molar-refractivity contribution in [2.24, 2.45) is 0 Å². The van der Waals surface area contributed by atoms with Crippen LogP contribution in [0.25, 0.3) is 0 Å². The molecule has 0 fully saturated rings. The standard InChI is InChI=1S/C13H19N3O/c1-4-9(3)16-12-7-6-10(8-11(12)14)13(17)15-5-2/h4,6-9,16H,1,5,14H2,2-3H3,(H,15,17). The lowest BCUT2D eigenvalue weighted by Gasteiger charge is -2.14. The molecule has 1 rings (SSSR count). The molecule has 4 heteroatoms. The van der Waals surface area contributed by atoms with Crippen molar-refractivity contribution in [3.8, 4) is 0 Å². The number of anilines is 2. The molecule has 1 aromatic carbocycles. The molecule has 0 aromatic heterocycles. The van der Waals surface area contributed by atoms with Crippen LogP contribution >= 0.6 is 0 Å². The number of rotatable bonds is 5. The number of nitrogens with two attached hydrogens (primary N) is 1. The summed E-state index contributed by atoms with van der Waals surface area (Å²) in [4.78, 5) is 11.6. The lowest BCUT2D eigenvalue weighted by Crippen LogP contribution is -2.23. The summed E-state index contributed by atoms with van der Waals surface area (Å²) in [6.07, 6.45) is 1.79. The molecule has 1 aromatic rings. The zero-order valence-corrected chi connectivity index (χ0v) is 10.3. The molecule has 0 aliphatic rings. The fourth-order valence-electron chi connectivity index (χ4n) is 1.40. The van der Waals surface area contributed by atoms with Crippen LogP contribution in [0.1, 0.15) is 24.2 Å². The summed E-state index contributed by atoms with van der Waals surface area (Å²) in [5.41, 5.74) is 7.82. The van der Waals surface area contributed by atoms with E-state index in [-0.39, 0.29) is 11.9 Å². The maximum Gasteiger partial charge on any atom is 0.251 e. The third-order valence-corrected chi connectivity index (χ3v) is 2.39. The predicted octanol–water partition coefficient (Wildman–Crippen LogP) is 2.00. The van der Waals surface area contributed by atoms with Gasteiger partial charge < -0.3 is 16.4 Å². The van der Waals surface area contributed by atoms with E-state index in [0.29, 0.717) is 17.8 Å². The van der Waals surface area contributed by atoms with Crippen LogP contribution < -0.4 is 16.4 Å². The first-order chi connectivity index (χ1) is 8.08. The van der Waals surface area contributed by atoms with Gasteiger partial charge in [0.1, 0.15) is 0 Å². The number of nitrogen functional groups attached to an aromatic ring is 1. The summed E-state index contributed by atoms with van der Waals surface area (Å²) < 4.78 is 0. The average molecular weight is 233 g/mol. The van der Waals surface area contributed by atoms with E-state index in [4.69, 9.17) is 5.73 Å². The maximum atomic E-state index is 11.6. The summed E-state index contributed by atoms with van der Waals surface area (Å²) in [6.45, 7) is 8.15. The van der Waals surface area contributed by atoms with Gasteiger partial charge in [-0.1, -0.05) is 6.08 Å². The molecule has 1 amide bonds. The summed E-state index contributed by atoms with van der Waals surface area (Å²) >= 11 is 0. The Hall–Kier alpha value is -1.97. The number of amides is 1. The van der Waals surface area contributed by atoms with Crippen molar-refractivity contribution in [3.05, 3.63) is 36.4 Å². The molecule has 4 nitrogen and oxygen atoms in total. The normalized spacial score (nSPS) is 11.6. The SMILES string of the molecule is C=CC(C)Nc1ccc(C(=O)NCC)cc1N. The van der Waals surface area contributed by atoms with Crippen molar-refractivity contribution >= 4 is 17.3 Å². The van der Waals surface area contributed by atoms with Gasteiger partial charge in [-0.15, -0.1) is 6.58 Å². The van der Waals surface area contributed by atoms with Crippen molar-refractivity contribution in [1.29, 1.82) is 0 Å². The highest BCUT2D eigenvalue weighted by atomic mass is 16.1. The number of nitrogens with one attached hydrogen (secondary N) is 2. The third kappa shape index (κ3) is 3.52. The van der Waals surface area contributed by atoms with Crippen LogP contribution in [0.3, 0.4) is 0 Å². The Morgan fingerprint density at radius 3 is 2.82 bits per heavy atom. The van der Waals surface area contributed by atoms with Crippen molar-refractivity contribution in [2.45, 2.75) is 19.9 Å². The minimum atomic E-state index is -0.109. The van der Waals surface area contributed by atoms with E-state index in [1.54, 1.807) is 24.3 Å². The Bertz CT molecular complexity index is 415. The molecule has 4 N–H and O–H groups in total. The molecule has 1 atom stereocenters. The fourth-order valence-corrected chi connectivity index (χ4v) is 1.40. The average Bonchev–Trinajstić information content (AvgIpc) is 2.31. The molecule has 0 saturated carbocycles.